The van der Waals surface area contributed by atoms with Gasteiger partial charge in [0.25, 0.3) is 0 Å². The molecule has 46 heavy (non-hydrogen) atoms. The van der Waals surface area contributed by atoms with Crippen LogP contribution < -0.4 is 10.6 Å². The van der Waals surface area contributed by atoms with Crippen molar-refractivity contribution < 1.29 is 18.4 Å². The number of carbonyl (C=O) groups is 2. The number of pyridine rings is 2. The summed E-state index contributed by atoms with van der Waals surface area (Å²) in [7, 11) is 0. The number of aromatic nitrogens is 2. The predicted molar refractivity (Wildman–Crippen MR) is 178 cm³/mol. The summed E-state index contributed by atoms with van der Waals surface area (Å²) in [5.74, 6) is -0.807. The smallest absolute Gasteiger partial charge is 0.220 e. The number of nitrogens with zero attached hydrogens (tertiary/aromatic N) is 2. The highest BCUT2D eigenvalue weighted by Gasteiger charge is 2.26. The number of amides is 2. The number of nitrogens with one attached hydrogen (secondary N) is 2. The Kier molecular flexibility index (Phi) is 11.0. The fourth-order valence-electron chi connectivity index (χ4n) is 6.16. The van der Waals surface area contributed by atoms with Gasteiger partial charge in [0.15, 0.2) is 0 Å². The largest absolute Gasteiger partial charge is 0.349 e. The Labute approximate surface area is 278 Å². The second-order valence-electron chi connectivity index (χ2n) is 11.5. The van der Waals surface area contributed by atoms with Gasteiger partial charge in [0.1, 0.15) is 11.6 Å². The van der Waals surface area contributed by atoms with E-state index in [-0.39, 0.29) is 33.9 Å². The van der Waals surface area contributed by atoms with Crippen LogP contribution in [0.5, 0.6) is 0 Å². The molecule has 2 aliphatic rings. The van der Waals surface area contributed by atoms with Gasteiger partial charge >= 0.3 is 0 Å². The number of carbonyl (C=O) groups excluding carboxylic acids is 2. The SMILES string of the molecule is CCC(=O)NC1CCCc2c(-c3ccc(Cl)c(F)c3)cncc21.CCC(=O)NC1CCCc2c(-c3ccc(Cl)c(F)c3)cncc21. The topological polar surface area (TPSA) is 84.0 Å². The quantitative estimate of drug-likeness (QED) is 0.216. The Bertz CT molecular complexity index is 1620. The first-order valence-electron chi connectivity index (χ1n) is 15.6. The number of rotatable bonds is 6. The van der Waals surface area contributed by atoms with E-state index < -0.39 is 11.6 Å². The third-order valence-corrected chi connectivity index (χ3v) is 9.16. The normalized spacial score (nSPS) is 16.7. The summed E-state index contributed by atoms with van der Waals surface area (Å²) in [6, 6.07) is 9.57. The van der Waals surface area contributed by atoms with Crippen LogP contribution in [0.25, 0.3) is 22.3 Å². The summed E-state index contributed by atoms with van der Waals surface area (Å²) >= 11 is 11.5. The number of hydrogen-bond donors (Lipinski definition) is 2. The van der Waals surface area contributed by atoms with Crippen molar-refractivity contribution >= 4 is 35.0 Å². The van der Waals surface area contributed by atoms with E-state index in [2.05, 4.69) is 20.6 Å². The lowest BCUT2D eigenvalue weighted by Crippen LogP contribution is -2.30. The van der Waals surface area contributed by atoms with E-state index in [1.807, 2.05) is 26.2 Å². The highest BCUT2D eigenvalue weighted by atomic mass is 35.5. The van der Waals surface area contributed by atoms with Gasteiger partial charge in [-0.1, -0.05) is 49.2 Å². The summed E-state index contributed by atoms with van der Waals surface area (Å²) < 4.78 is 27.6. The van der Waals surface area contributed by atoms with Crippen LogP contribution in [0.15, 0.2) is 61.2 Å². The van der Waals surface area contributed by atoms with Crippen LogP contribution >= 0.6 is 23.2 Å². The Morgan fingerprint density at radius 2 is 1.13 bits per heavy atom. The molecule has 0 radical (unpaired) electrons. The molecule has 0 bridgehead atoms. The monoisotopic (exact) mass is 664 g/mol. The summed E-state index contributed by atoms with van der Waals surface area (Å²) in [4.78, 5) is 32.1. The molecule has 2 amide bonds. The zero-order valence-corrected chi connectivity index (χ0v) is 27.3. The molecule has 0 spiro atoms. The van der Waals surface area contributed by atoms with Gasteiger partial charge in [-0.3, -0.25) is 19.6 Å². The van der Waals surface area contributed by atoms with Crippen LogP contribution in [0.4, 0.5) is 8.78 Å². The maximum Gasteiger partial charge on any atom is 0.220 e. The van der Waals surface area contributed by atoms with Gasteiger partial charge in [-0.15, -0.1) is 0 Å². The Morgan fingerprint density at radius 1 is 0.717 bits per heavy atom. The molecule has 2 aromatic heterocycles. The second-order valence-corrected chi connectivity index (χ2v) is 12.3. The second kappa shape index (κ2) is 15.1. The molecule has 0 fully saturated rings. The maximum atomic E-state index is 13.8. The molecule has 0 saturated heterocycles. The molecule has 4 aromatic rings. The highest BCUT2D eigenvalue weighted by molar-refractivity contribution is 6.31. The fraction of sp³-hybridized carbons (Fsp3) is 0.333. The molecular weight excluding hydrogens is 629 g/mol. The van der Waals surface area contributed by atoms with Crippen LogP contribution in [0.3, 0.4) is 0 Å². The molecule has 2 unspecified atom stereocenters. The molecule has 2 heterocycles. The molecule has 2 atom stereocenters. The Balaban J connectivity index is 0.000000181. The van der Waals surface area contributed by atoms with E-state index in [0.29, 0.717) is 12.8 Å². The average molecular weight is 666 g/mol. The number of fused-ring (bicyclic) bond motifs is 2. The highest BCUT2D eigenvalue weighted by Crippen LogP contribution is 2.38. The van der Waals surface area contributed by atoms with Gasteiger partial charge in [0.2, 0.25) is 11.8 Å². The van der Waals surface area contributed by atoms with Crippen molar-refractivity contribution in [1.82, 2.24) is 20.6 Å². The van der Waals surface area contributed by atoms with Crippen molar-refractivity contribution in [2.45, 2.75) is 77.3 Å². The van der Waals surface area contributed by atoms with Crippen LogP contribution in [-0.4, -0.2) is 21.8 Å². The van der Waals surface area contributed by atoms with Crippen molar-refractivity contribution in [3.8, 4) is 22.3 Å². The van der Waals surface area contributed by atoms with E-state index in [1.54, 1.807) is 36.7 Å². The van der Waals surface area contributed by atoms with Gasteiger partial charge in [-0.05, 0) is 96.2 Å². The molecule has 6 nitrogen and oxygen atoms in total. The van der Waals surface area contributed by atoms with Crippen LogP contribution in [0.2, 0.25) is 10.0 Å². The average Bonchev–Trinajstić information content (AvgIpc) is 3.07. The zero-order valence-electron chi connectivity index (χ0n) is 25.8. The molecule has 2 N–H and O–H groups in total. The minimum absolute atomic E-state index is 0.0178. The van der Waals surface area contributed by atoms with E-state index in [9.17, 15) is 18.4 Å². The molecule has 2 aromatic carbocycles. The van der Waals surface area contributed by atoms with E-state index in [4.69, 9.17) is 23.2 Å². The van der Waals surface area contributed by atoms with Gasteiger partial charge < -0.3 is 10.6 Å². The van der Waals surface area contributed by atoms with Crippen LogP contribution in [0.1, 0.15) is 86.7 Å². The first kappa shape index (κ1) is 33.5. The summed E-state index contributed by atoms with van der Waals surface area (Å²) in [5.41, 5.74) is 7.68. The molecule has 10 heteroatoms. The lowest BCUT2D eigenvalue weighted by Gasteiger charge is -2.27. The zero-order chi connectivity index (χ0) is 32.8. The Hall–Kier alpha value is -3.88. The molecule has 0 saturated carbocycles. The number of benzene rings is 2. The van der Waals surface area contributed by atoms with Crippen molar-refractivity contribution in [1.29, 1.82) is 0 Å². The fourth-order valence-corrected chi connectivity index (χ4v) is 6.39. The van der Waals surface area contributed by atoms with E-state index in [0.717, 1.165) is 83.0 Å². The molecule has 240 valence electrons. The minimum Gasteiger partial charge on any atom is -0.349 e. The summed E-state index contributed by atoms with van der Waals surface area (Å²) in [5, 5.41) is 6.32. The molecule has 0 aliphatic heterocycles. The van der Waals surface area contributed by atoms with Crippen LogP contribution in [0, 0.1) is 11.6 Å². The van der Waals surface area contributed by atoms with Crippen molar-refractivity contribution in [3.05, 3.63) is 105 Å². The molecular formula is C36H36Cl2F2N4O2. The molecule has 2 aliphatic carbocycles. The van der Waals surface area contributed by atoms with Crippen LogP contribution in [-0.2, 0) is 22.4 Å². The van der Waals surface area contributed by atoms with Gasteiger partial charge in [-0.25, -0.2) is 8.78 Å². The van der Waals surface area contributed by atoms with E-state index in [1.165, 1.54) is 12.1 Å². The number of hydrogen-bond acceptors (Lipinski definition) is 4. The van der Waals surface area contributed by atoms with Gasteiger partial charge in [-0.2, -0.15) is 0 Å². The third kappa shape index (κ3) is 7.56. The maximum absolute atomic E-state index is 13.8. The predicted octanol–water partition coefficient (Wildman–Crippen LogP) is 8.89. The Morgan fingerprint density at radius 3 is 1.50 bits per heavy atom. The third-order valence-electron chi connectivity index (χ3n) is 8.55. The lowest BCUT2D eigenvalue weighted by molar-refractivity contribution is -0.122. The van der Waals surface area contributed by atoms with Crippen molar-refractivity contribution in [2.75, 3.05) is 0 Å². The lowest BCUT2D eigenvalue weighted by atomic mass is 9.84. The standard InChI is InChI=1S/2C18H18ClFN2O/c2*1-2-18(23)22-17-5-3-4-12-13(9-21-10-14(12)17)11-6-7-15(19)16(20)8-11/h2*6-10,17H,2-5H2,1H3,(H,22,23). The summed E-state index contributed by atoms with van der Waals surface area (Å²) in [6.45, 7) is 3.68. The van der Waals surface area contributed by atoms with Gasteiger partial charge in [0.05, 0.1) is 22.1 Å². The molecule has 6 rings (SSSR count). The van der Waals surface area contributed by atoms with E-state index >= 15 is 0 Å². The first-order chi connectivity index (χ1) is 22.2. The van der Waals surface area contributed by atoms with Gasteiger partial charge in [0, 0.05) is 48.8 Å². The number of halogens is 4. The first-order valence-corrected chi connectivity index (χ1v) is 16.4. The minimum atomic E-state index is -0.437. The van der Waals surface area contributed by atoms with Crippen molar-refractivity contribution in [3.63, 3.8) is 0 Å². The van der Waals surface area contributed by atoms with Crippen molar-refractivity contribution in [2.24, 2.45) is 0 Å². The summed E-state index contributed by atoms with van der Waals surface area (Å²) in [6.07, 6.45) is 13.6.